The molecule has 0 amide bonds. The number of aliphatic carboxylic acids is 1. The number of carboxylic acids is 1. The first-order valence-electron chi connectivity index (χ1n) is 11.1. The third kappa shape index (κ3) is 6.33. The number of nitrogens with zero attached hydrogens (tertiary/aromatic N) is 3. The second-order valence-corrected chi connectivity index (χ2v) is 8.64. The molecule has 2 N–H and O–H groups in total. The smallest absolute Gasteiger partial charge is 0.475 e. The van der Waals surface area contributed by atoms with E-state index in [2.05, 4.69) is 27.3 Å². The lowest BCUT2D eigenvalue weighted by Gasteiger charge is -2.17. The van der Waals surface area contributed by atoms with E-state index in [1.54, 1.807) is 12.1 Å². The summed E-state index contributed by atoms with van der Waals surface area (Å²) in [4.78, 5) is 20.7. The minimum atomic E-state index is -5.08. The lowest BCUT2D eigenvalue weighted by atomic mass is 9.99. The molecule has 35 heavy (non-hydrogen) atoms. The number of hydrogen-bond acceptors (Lipinski definition) is 5. The zero-order valence-electron chi connectivity index (χ0n) is 18.7. The normalized spacial score (nSPS) is 18.9. The van der Waals surface area contributed by atoms with E-state index in [4.69, 9.17) is 14.9 Å². The molecule has 5 rings (SSSR count). The summed E-state index contributed by atoms with van der Waals surface area (Å²) in [7, 11) is 0. The largest absolute Gasteiger partial charge is 0.490 e. The molecule has 2 atom stereocenters. The maximum Gasteiger partial charge on any atom is 0.490 e. The number of likely N-dealkylation sites (tertiary alicyclic amines) is 1. The van der Waals surface area contributed by atoms with Crippen LogP contribution in [-0.4, -0.2) is 45.2 Å². The van der Waals surface area contributed by atoms with Gasteiger partial charge in [0.1, 0.15) is 5.82 Å². The lowest BCUT2D eigenvalue weighted by Crippen LogP contribution is -2.21. The summed E-state index contributed by atoms with van der Waals surface area (Å²) in [6, 6.07) is 17.1. The third-order valence-corrected chi connectivity index (χ3v) is 6.10. The van der Waals surface area contributed by atoms with E-state index in [-0.39, 0.29) is 5.82 Å². The molecule has 0 radical (unpaired) electrons. The maximum absolute atomic E-state index is 13.1. The van der Waals surface area contributed by atoms with Crippen molar-refractivity contribution in [2.75, 3.05) is 18.4 Å². The van der Waals surface area contributed by atoms with Crippen LogP contribution in [0.15, 0.2) is 60.8 Å². The molecule has 184 valence electrons. The average Bonchev–Trinajstić information content (AvgIpc) is 3.37. The monoisotopic (exact) mass is 488 g/mol. The van der Waals surface area contributed by atoms with Gasteiger partial charge in [0.05, 0.1) is 5.69 Å². The fourth-order valence-electron chi connectivity index (χ4n) is 4.50. The van der Waals surface area contributed by atoms with Crippen LogP contribution in [0.1, 0.15) is 28.3 Å². The molecule has 2 aliphatic rings. The number of aromatic nitrogens is 2. The van der Waals surface area contributed by atoms with Gasteiger partial charge < -0.3 is 10.4 Å². The average molecular weight is 488 g/mol. The van der Waals surface area contributed by atoms with Crippen LogP contribution in [0.4, 0.5) is 23.5 Å². The number of hydrogen-bond donors (Lipinski definition) is 2. The fourth-order valence-corrected chi connectivity index (χ4v) is 4.50. The Bertz CT molecular complexity index is 1160. The first-order chi connectivity index (χ1) is 16.7. The predicted octanol–water partition coefficient (Wildman–Crippen LogP) is 4.63. The van der Waals surface area contributed by atoms with Crippen LogP contribution in [0, 0.1) is 11.7 Å². The van der Waals surface area contributed by atoms with E-state index in [0.717, 1.165) is 38.2 Å². The minimum absolute atomic E-state index is 0.178. The van der Waals surface area contributed by atoms with E-state index >= 15 is 0 Å². The Labute approximate surface area is 199 Å². The highest BCUT2D eigenvalue weighted by atomic mass is 19.4. The van der Waals surface area contributed by atoms with Gasteiger partial charge in [0.2, 0.25) is 5.95 Å². The Morgan fingerprint density at radius 2 is 1.74 bits per heavy atom. The summed E-state index contributed by atoms with van der Waals surface area (Å²) < 4.78 is 44.9. The molecule has 1 aromatic heterocycles. The molecule has 2 heterocycles. The summed E-state index contributed by atoms with van der Waals surface area (Å²) in [5, 5.41) is 10.5. The quantitative estimate of drug-likeness (QED) is 0.510. The van der Waals surface area contributed by atoms with Crippen LogP contribution in [-0.2, 0) is 24.3 Å². The molecule has 1 aliphatic carbocycles. The summed E-state index contributed by atoms with van der Waals surface area (Å²) in [5.41, 5.74) is 4.88. The molecular weight excluding hydrogens is 464 g/mol. The summed E-state index contributed by atoms with van der Waals surface area (Å²) in [5.74, 6) is -1.15. The molecule has 2 aromatic carbocycles. The maximum atomic E-state index is 13.1. The van der Waals surface area contributed by atoms with Crippen molar-refractivity contribution in [3.05, 3.63) is 89.0 Å². The van der Waals surface area contributed by atoms with Crippen LogP contribution in [0.5, 0.6) is 0 Å². The van der Waals surface area contributed by atoms with E-state index in [0.29, 0.717) is 17.8 Å². The molecule has 1 fully saturated rings. The second kappa shape index (κ2) is 10.4. The molecule has 3 aromatic rings. The van der Waals surface area contributed by atoms with Crippen LogP contribution in [0.3, 0.4) is 0 Å². The van der Waals surface area contributed by atoms with Crippen molar-refractivity contribution in [2.45, 2.75) is 31.6 Å². The zero-order valence-corrected chi connectivity index (χ0v) is 18.7. The lowest BCUT2D eigenvalue weighted by molar-refractivity contribution is -0.192. The van der Waals surface area contributed by atoms with E-state index < -0.39 is 12.1 Å². The first-order valence-corrected chi connectivity index (χ1v) is 11.1. The molecule has 1 saturated heterocycles. The molecule has 2 unspecified atom stereocenters. The molecule has 0 saturated carbocycles. The number of rotatable bonds is 5. The van der Waals surface area contributed by atoms with Crippen molar-refractivity contribution in [1.29, 1.82) is 0 Å². The van der Waals surface area contributed by atoms with Gasteiger partial charge in [-0.2, -0.15) is 13.2 Å². The first kappa shape index (κ1) is 24.6. The van der Waals surface area contributed by atoms with Crippen LogP contribution >= 0.6 is 0 Å². The van der Waals surface area contributed by atoms with Crippen molar-refractivity contribution < 1.29 is 27.5 Å². The number of carboxylic acid groups (broad SMARTS) is 1. The topological polar surface area (TPSA) is 78.4 Å². The van der Waals surface area contributed by atoms with Gasteiger partial charge in [-0.05, 0) is 41.2 Å². The van der Waals surface area contributed by atoms with Gasteiger partial charge in [0, 0.05) is 38.3 Å². The Hall–Kier alpha value is -3.53. The Balaban J connectivity index is 0.000000364. The second-order valence-electron chi connectivity index (χ2n) is 8.64. The highest BCUT2D eigenvalue weighted by Gasteiger charge is 2.41. The molecule has 6 nitrogen and oxygen atoms in total. The summed E-state index contributed by atoms with van der Waals surface area (Å²) >= 11 is 0. The number of nitrogens with one attached hydrogen (secondary N) is 1. The number of fused-ring (bicyclic) bond motifs is 3. The minimum Gasteiger partial charge on any atom is -0.475 e. The van der Waals surface area contributed by atoms with Crippen molar-refractivity contribution in [2.24, 2.45) is 5.92 Å². The van der Waals surface area contributed by atoms with Crippen molar-refractivity contribution in [1.82, 2.24) is 14.9 Å². The van der Waals surface area contributed by atoms with Crippen LogP contribution in [0.2, 0.25) is 0 Å². The van der Waals surface area contributed by atoms with Gasteiger partial charge >= 0.3 is 12.1 Å². The molecule has 0 spiro atoms. The van der Waals surface area contributed by atoms with Crippen molar-refractivity contribution in [3.63, 3.8) is 0 Å². The molecule has 0 bridgehead atoms. The zero-order chi connectivity index (χ0) is 25.0. The molecule has 1 aliphatic heterocycles. The number of benzene rings is 2. The molecule has 10 heteroatoms. The SMILES string of the molecule is Fc1ccc(CN2CC3Cc4cnc(NCc5ccccc5)nc4C3C2)cc1.O=C(O)C(F)(F)F. The summed E-state index contributed by atoms with van der Waals surface area (Å²) in [6.07, 6.45) is -2.03. The van der Waals surface area contributed by atoms with Gasteiger partial charge in [-0.25, -0.2) is 19.2 Å². The fraction of sp³-hybridized carbons (Fsp3) is 0.320. The standard InChI is InChI=1S/C23H23FN4.C2HF3O2/c24-20-8-6-17(7-9-20)13-28-14-19-10-18-12-26-23(27-22(18)21(19)15-28)25-11-16-4-2-1-3-5-16;3-2(4,5)1(6)7/h1-9,12,19,21H,10-11,13-15H2,(H,25,26,27);(H,6,7). The molecular formula is C25H24F4N4O2. The van der Waals surface area contributed by atoms with Crippen molar-refractivity contribution >= 4 is 11.9 Å². The van der Waals surface area contributed by atoms with E-state index in [1.807, 2.05) is 36.5 Å². The summed E-state index contributed by atoms with van der Waals surface area (Å²) in [6.45, 7) is 3.66. The number of carbonyl (C=O) groups is 1. The Morgan fingerprint density at radius 1 is 1.06 bits per heavy atom. The van der Waals surface area contributed by atoms with Crippen LogP contribution < -0.4 is 5.32 Å². The predicted molar refractivity (Wildman–Crippen MR) is 121 cm³/mol. The highest BCUT2D eigenvalue weighted by molar-refractivity contribution is 5.73. The Kier molecular flexibility index (Phi) is 7.30. The highest BCUT2D eigenvalue weighted by Crippen LogP contribution is 2.42. The van der Waals surface area contributed by atoms with Gasteiger partial charge in [0.15, 0.2) is 0 Å². The van der Waals surface area contributed by atoms with E-state index in [9.17, 15) is 17.6 Å². The van der Waals surface area contributed by atoms with Gasteiger partial charge in [-0.15, -0.1) is 0 Å². The number of halogens is 4. The van der Waals surface area contributed by atoms with Crippen LogP contribution in [0.25, 0.3) is 0 Å². The van der Waals surface area contributed by atoms with Gasteiger partial charge in [0.25, 0.3) is 0 Å². The van der Waals surface area contributed by atoms with Gasteiger partial charge in [-0.1, -0.05) is 42.5 Å². The Morgan fingerprint density at radius 3 is 2.40 bits per heavy atom. The number of anilines is 1. The van der Waals surface area contributed by atoms with Crippen molar-refractivity contribution in [3.8, 4) is 0 Å². The third-order valence-electron chi connectivity index (χ3n) is 6.10. The van der Waals surface area contributed by atoms with E-state index in [1.165, 1.54) is 16.8 Å². The number of alkyl halides is 3. The van der Waals surface area contributed by atoms with Gasteiger partial charge in [-0.3, -0.25) is 4.90 Å².